The first-order valence-electron chi connectivity index (χ1n) is 5.63. The van der Waals surface area contributed by atoms with Gasteiger partial charge in [0.05, 0.1) is 5.69 Å². The van der Waals surface area contributed by atoms with Gasteiger partial charge in [0.15, 0.2) is 12.1 Å². The highest BCUT2D eigenvalue weighted by Gasteiger charge is 2.03. The van der Waals surface area contributed by atoms with Crippen LogP contribution >= 0.6 is 0 Å². The van der Waals surface area contributed by atoms with Crippen molar-refractivity contribution in [2.45, 2.75) is 20.3 Å². The normalized spacial score (nSPS) is 10.2. The monoisotopic (exact) mass is 226 g/mol. The number of hydrogen-bond acceptors (Lipinski definition) is 3. The third kappa shape index (κ3) is 2.56. The fraction of sp³-hybridized carbons (Fsp3) is 0.214. The first-order chi connectivity index (χ1) is 8.22. The van der Waals surface area contributed by atoms with Crippen LogP contribution in [0.4, 0.5) is 0 Å². The van der Waals surface area contributed by atoms with E-state index in [9.17, 15) is 4.79 Å². The van der Waals surface area contributed by atoms with Gasteiger partial charge in [-0.3, -0.25) is 4.79 Å². The van der Waals surface area contributed by atoms with Crippen molar-refractivity contribution in [1.29, 1.82) is 0 Å². The Morgan fingerprint density at radius 1 is 1.18 bits per heavy atom. The van der Waals surface area contributed by atoms with Crippen LogP contribution in [-0.4, -0.2) is 16.3 Å². The third-order valence-corrected chi connectivity index (χ3v) is 2.63. The maximum absolute atomic E-state index is 10.7. The van der Waals surface area contributed by atoms with Crippen molar-refractivity contribution in [1.82, 2.24) is 9.97 Å². The minimum absolute atomic E-state index is 0.236. The molecule has 2 aromatic rings. The van der Waals surface area contributed by atoms with Gasteiger partial charge >= 0.3 is 0 Å². The van der Waals surface area contributed by atoms with Crippen molar-refractivity contribution in [2.75, 3.05) is 0 Å². The molecule has 0 fully saturated rings. The number of rotatable bonds is 3. The summed E-state index contributed by atoms with van der Waals surface area (Å²) in [5, 5.41) is 0. The molecule has 0 bridgehead atoms. The number of hydrogen-bond donors (Lipinski definition) is 0. The van der Waals surface area contributed by atoms with Crippen LogP contribution in [0.5, 0.6) is 0 Å². The lowest BCUT2D eigenvalue weighted by Crippen LogP contribution is -1.97. The molecular formula is C14H14N2O. The van der Waals surface area contributed by atoms with Gasteiger partial charge in [-0.1, -0.05) is 31.2 Å². The topological polar surface area (TPSA) is 42.9 Å². The van der Waals surface area contributed by atoms with Crippen molar-refractivity contribution >= 4 is 6.29 Å². The molecule has 1 aromatic heterocycles. The molecule has 0 unspecified atom stereocenters. The molecule has 0 radical (unpaired) electrons. The number of benzene rings is 1. The van der Waals surface area contributed by atoms with Crippen molar-refractivity contribution in [3.8, 4) is 11.3 Å². The largest absolute Gasteiger partial charge is 0.294 e. The van der Waals surface area contributed by atoms with Gasteiger partial charge in [0.1, 0.15) is 0 Å². The molecule has 86 valence electrons. The number of carbonyl (C=O) groups excluding carboxylic acids is 1. The van der Waals surface area contributed by atoms with Gasteiger partial charge in [-0.25, -0.2) is 9.97 Å². The second-order valence-electron chi connectivity index (χ2n) is 3.92. The van der Waals surface area contributed by atoms with E-state index in [0.29, 0.717) is 6.29 Å². The summed E-state index contributed by atoms with van der Waals surface area (Å²) < 4.78 is 0. The van der Waals surface area contributed by atoms with Gasteiger partial charge in [0.25, 0.3) is 0 Å². The van der Waals surface area contributed by atoms with E-state index in [0.717, 1.165) is 23.4 Å². The second kappa shape index (κ2) is 4.87. The minimum Gasteiger partial charge on any atom is -0.294 e. The number of nitrogens with zero attached hydrogens (tertiary/aromatic N) is 2. The molecule has 1 aromatic carbocycles. The standard InChI is InChI=1S/C14H14N2O/c1-3-11-4-6-12(7-5-11)13-8-10(2)15-14(9-17)16-13/h4-9H,3H2,1-2H3. The molecule has 3 nitrogen and oxygen atoms in total. The molecular weight excluding hydrogens is 212 g/mol. The Labute approximate surface area is 101 Å². The summed E-state index contributed by atoms with van der Waals surface area (Å²) in [6.45, 7) is 3.98. The van der Waals surface area contributed by atoms with Crippen LogP contribution in [0.15, 0.2) is 30.3 Å². The molecule has 17 heavy (non-hydrogen) atoms. The Kier molecular flexibility index (Phi) is 3.28. The minimum atomic E-state index is 0.236. The van der Waals surface area contributed by atoms with Crippen LogP contribution in [-0.2, 0) is 6.42 Å². The Morgan fingerprint density at radius 2 is 1.88 bits per heavy atom. The SMILES string of the molecule is CCc1ccc(-c2cc(C)nc(C=O)n2)cc1. The fourth-order valence-corrected chi connectivity index (χ4v) is 1.70. The second-order valence-corrected chi connectivity index (χ2v) is 3.92. The van der Waals surface area contributed by atoms with Crippen molar-refractivity contribution in [2.24, 2.45) is 0 Å². The first kappa shape index (κ1) is 11.5. The van der Waals surface area contributed by atoms with E-state index in [2.05, 4.69) is 29.0 Å². The lowest BCUT2D eigenvalue weighted by Gasteiger charge is -2.04. The summed E-state index contributed by atoms with van der Waals surface area (Å²) in [6, 6.07) is 10.1. The average Bonchev–Trinajstić information content (AvgIpc) is 2.38. The van der Waals surface area contributed by atoms with Crippen molar-refractivity contribution in [3.05, 3.63) is 47.4 Å². The number of aldehydes is 1. The molecule has 0 N–H and O–H groups in total. The first-order valence-corrected chi connectivity index (χ1v) is 5.63. The predicted molar refractivity (Wildman–Crippen MR) is 67.0 cm³/mol. The average molecular weight is 226 g/mol. The van der Waals surface area contributed by atoms with Crippen molar-refractivity contribution in [3.63, 3.8) is 0 Å². The highest BCUT2D eigenvalue weighted by molar-refractivity contribution is 5.71. The Bertz CT molecular complexity index is 532. The van der Waals surface area contributed by atoms with Crippen LogP contribution in [0.3, 0.4) is 0 Å². The summed E-state index contributed by atoms with van der Waals surface area (Å²) in [4.78, 5) is 18.9. The summed E-state index contributed by atoms with van der Waals surface area (Å²) >= 11 is 0. The lowest BCUT2D eigenvalue weighted by molar-refractivity contribution is 0.111. The maximum atomic E-state index is 10.7. The third-order valence-electron chi connectivity index (χ3n) is 2.63. The summed E-state index contributed by atoms with van der Waals surface area (Å²) in [5.74, 6) is 0.236. The van der Waals surface area contributed by atoms with Gasteiger partial charge < -0.3 is 0 Å². The number of carbonyl (C=O) groups is 1. The fourth-order valence-electron chi connectivity index (χ4n) is 1.70. The van der Waals surface area contributed by atoms with E-state index in [-0.39, 0.29) is 5.82 Å². The lowest BCUT2D eigenvalue weighted by atomic mass is 10.1. The molecule has 0 amide bonds. The van der Waals surface area contributed by atoms with Crippen LogP contribution in [0.2, 0.25) is 0 Å². The molecule has 0 aliphatic carbocycles. The molecule has 0 aliphatic rings. The van der Waals surface area contributed by atoms with Gasteiger partial charge in [0.2, 0.25) is 0 Å². The van der Waals surface area contributed by atoms with Crippen molar-refractivity contribution < 1.29 is 4.79 Å². The van der Waals surface area contributed by atoms with E-state index in [1.165, 1.54) is 5.56 Å². The van der Waals surface area contributed by atoms with Crippen LogP contribution in [0, 0.1) is 6.92 Å². The predicted octanol–water partition coefficient (Wildman–Crippen LogP) is 2.83. The van der Waals surface area contributed by atoms with E-state index in [4.69, 9.17) is 0 Å². The van der Waals surface area contributed by atoms with Crippen LogP contribution in [0.1, 0.15) is 28.8 Å². The number of aromatic nitrogens is 2. The number of aryl methyl sites for hydroxylation is 2. The van der Waals surface area contributed by atoms with Gasteiger partial charge in [-0.2, -0.15) is 0 Å². The van der Waals surface area contributed by atoms with E-state index in [1.807, 2.05) is 25.1 Å². The van der Waals surface area contributed by atoms with E-state index < -0.39 is 0 Å². The van der Waals surface area contributed by atoms with Gasteiger partial charge in [0, 0.05) is 11.3 Å². The molecule has 2 rings (SSSR count). The highest BCUT2D eigenvalue weighted by Crippen LogP contribution is 2.18. The molecule has 0 spiro atoms. The summed E-state index contributed by atoms with van der Waals surface area (Å²) in [7, 11) is 0. The molecule has 0 atom stereocenters. The molecule has 3 heteroatoms. The molecule has 1 heterocycles. The van der Waals surface area contributed by atoms with Gasteiger partial charge in [-0.15, -0.1) is 0 Å². The Hall–Kier alpha value is -2.03. The molecule has 0 aliphatic heterocycles. The Balaban J connectivity index is 2.44. The summed E-state index contributed by atoms with van der Waals surface area (Å²) in [6.07, 6.45) is 1.69. The Morgan fingerprint density at radius 3 is 2.47 bits per heavy atom. The zero-order valence-electron chi connectivity index (χ0n) is 9.97. The smallest absolute Gasteiger partial charge is 0.193 e. The van der Waals surface area contributed by atoms with Crippen LogP contribution < -0.4 is 0 Å². The zero-order valence-corrected chi connectivity index (χ0v) is 9.97. The zero-order chi connectivity index (χ0) is 12.3. The van der Waals surface area contributed by atoms with Gasteiger partial charge in [-0.05, 0) is 25.0 Å². The maximum Gasteiger partial charge on any atom is 0.193 e. The van der Waals surface area contributed by atoms with Crippen LogP contribution in [0.25, 0.3) is 11.3 Å². The molecule has 0 saturated carbocycles. The highest BCUT2D eigenvalue weighted by atomic mass is 16.1. The summed E-state index contributed by atoms with van der Waals surface area (Å²) in [5.41, 5.74) is 3.89. The van der Waals surface area contributed by atoms with E-state index >= 15 is 0 Å². The quantitative estimate of drug-likeness (QED) is 0.756. The van der Waals surface area contributed by atoms with E-state index in [1.54, 1.807) is 0 Å². The molecule has 0 saturated heterocycles.